The second-order valence-corrected chi connectivity index (χ2v) is 9.88. The summed E-state index contributed by atoms with van der Waals surface area (Å²) in [5.41, 5.74) is 1.64. The Bertz CT molecular complexity index is 1180. The third-order valence-electron chi connectivity index (χ3n) is 6.48. The van der Waals surface area contributed by atoms with Crippen molar-refractivity contribution in [3.8, 4) is 5.69 Å². The number of piperazine rings is 1. The maximum absolute atomic E-state index is 12.1. The summed E-state index contributed by atoms with van der Waals surface area (Å²) in [5, 5.41) is 7.92. The van der Waals surface area contributed by atoms with Gasteiger partial charge in [-0.25, -0.2) is 19.4 Å². The first-order chi connectivity index (χ1) is 17.6. The van der Waals surface area contributed by atoms with E-state index < -0.39 is 0 Å². The van der Waals surface area contributed by atoms with Crippen molar-refractivity contribution < 1.29 is 14.3 Å². The molecule has 2 aliphatic rings. The summed E-state index contributed by atoms with van der Waals surface area (Å²) in [5.74, 6) is 1.45. The summed E-state index contributed by atoms with van der Waals surface area (Å²) < 4.78 is 6.97. The largest absolute Gasteiger partial charge is 0.446 e. The standard InChI is InChI=1S/C26H36N8O3/c1-17(2)37-26(36)31(6)22-9-7-21(8-10-22)29-25-28-16-33(30-25)23-11-12-27-24(13-23)32-14-18(3)34(20(5)35)19(4)15-32/h7,9-13,16-19,21H,8,14-15H2,1-6H3,(H,29,30)/t18-,19+,21?. The molecule has 0 aromatic carbocycles. The van der Waals surface area contributed by atoms with Gasteiger partial charge in [0.1, 0.15) is 12.1 Å². The van der Waals surface area contributed by atoms with Crippen molar-refractivity contribution in [1.29, 1.82) is 0 Å². The van der Waals surface area contributed by atoms with E-state index in [-0.39, 0.29) is 36.2 Å². The zero-order valence-electron chi connectivity index (χ0n) is 22.3. The molecular weight excluding hydrogens is 472 g/mol. The Balaban J connectivity index is 1.38. The van der Waals surface area contributed by atoms with Crippen molar-refractivity contribution in [2.24, 2.45) is 0 Å². The Morgan fingerprint density at radius 3 is 2.54 bits per heavy atom. The molecule has 1 fully saturated rings. The maximum Gasteiger partial charge on any atom is 0.414 e. The van der Waals surface area contributed by atoms with E-state index >= 15 is 0 Å². The number of amides is 2. The number of ether oxygens (including phenoxy) is 1. The van der Waals surface area contributed by atoms with Gasteiger partial charge in [0.15, 0.2) is 0 Å². The average Bonchev–Trinajstić information content (AvgIpc) is 3.31. The molecule has 0 saturated carbocycles. The Labute approximate surface area is 217 Å². The predicted octanol–water partition coefficient (Wildman–Crippen LogP) is 3.21. The molecule has 2 aromatic heterocycles. The van der Waals surface area contributed by atoms with Crippen LogP contribution < -0.4 is 10.2 Å². The number of carbonyl (C=O) groups is 2. The summed E-state index contributed by atoms with van der Waals surface area (Å²) in [4.78, 5) is 38.8. The van der Waals surface area contributed by atoms with Crippen LogP contribution in [0.5, 0.6) is 0 Å². The molecule has 1 saturated heterocycles. The SMILES string of the molecule is CC(=O)N1[C@H](C)CN(c2cc(-n3cnc(NC4C=CC(N(C)C(=O)OC(C)C)=CC4)n3)ccn2)C[C@@H]1C. The lowest BCUT2D eigenvalue weighted by Gasteiger charge is -2.44. The Morgan fingerprint density at radius 1 is 1.19 bits per heavy atom. The van der Waals surface area contributed by atoms with Crippen LogP contribution in [0.15, 0.2) is 48.6 Å². The van der Waals surface area contributed by atoms with Crippen LogP contribution >= 0.6 is 0 Å². The van der Waals surface area contributed by atoms with Crippen LogP contribution in [-0.2, 0) is 9.53 Å². The molecule has 198 valence electrons. The number of aromatic nitrogens is 4. The lowest BCUT2D eigenvalue weighted by Crippen LogP contribution is -2.58. The van der Waals surface area contributed by atoms with Gasteiger partial charge in [-0.15, -0.1) is 5.10 Å². The highest BCUT2D eigenvalue weighted by Gasteiger charge is 2.31. The zero-order valence-corrected chi connectivity index (χ0v) is 22.3. The van der Waals surface area contributed by atoms with E-state index in [1.54, 1.807) is 31.2 Å². The normalized spacial score (nSPS) is 21.6. The highest BCUT2D eigenvalue weighted by atomic mass is 16.6. The molecule has 0 bridgehead atoms. The van der Waals surface area contributed by atoms with Gasteiger partial charge in [0.2, 0.25) is 11.9 Å². The van der Waals surface area contributed by atoms with Crippen molar-refractivity contribution in [2.75, 3.05) is 30.4 Å². The number of anilines is 2. The molecule has 11 heteroatoms. The van der Waals surface area contributed by atoms with Crippen LogP contribution in [-0.4, -0.2) is 85.9 Å². The summed E-state index contributed by atoms with van der Waals surface area (Å²) >= 11 is 0. The predicted molar refractivity (Wildman–Crippen MR) is 141 cm³/mol. The van der Waals surface area contributed by atoms with E-state index in [1.807, 2.05) is 49.1 Å². The van der Waals surface area contributed by atoms with Crippen LogP contribution in [0.1, 0.15) is 41.0 Å². The van der Waals surface area contributed by atoms with Gasteiger partial charge in [-0.1, -0.05) is 12.2 Å². The van der Waals surface area contributed by atoms with E-state index in [4.69, 9.17) is 4.74 Å². The molecule has 3 heterocycles. The fourth-order valence-electron chi connectivity index (χ4n) is 4.82. The van der Waals surface area contributed by atoms with Gasteiger partial charge < -0.3 is 19.9 Å². The molecule has 2 amide bonds. The first kappa shape index (κ1) is 26.2. The number of pyridine rings is 1. The molecular formula is C26H36N8O3. The second-order valence-electron chi connectivity index (χ2n) is 9.88. The summed E-state index contributed by atoms with van der Waals surface area (Å²) in [7, 11) is 1.70. The van der Waals surface area contributed by atoms with Crippen molar-refractivity contribution in [2.45, 2.75) is 65.3 Å². The highest BCUT2D eigenvalue weighted by Crippen LogP contribution is 2.23. The van der Waals surface area contributed by atoms with Crippen LogP contribution in [0.4, 0.5) is 16.6 Å². The maximum atomic E-state index is 12.1. The van der Waals surface area contributed by atoms with Gasteiger partial charge in [0, 0.05) is 57.1 Å². The minimum atomic E-state index is -0.376. The van der Waals surface area contributed by atoms with Crippen molar-refractivity contribution in [3.63, 3.8) is 0 Å². The Morgan fingerprint density at radius 2 is 1.92 bits per heavy atom. The molecule has 37 heavy (non-hydrogen) atoms. The van der Waals surface area contributed by atoms with Crippen molar-refractivity contribution in [3.05, 3.63) is 48.6 Å². The topological polar surface area (TPSA) is 109 Å². The Kier molecular flexibility index (Phi) is 7.80. The first-order valence-corrected chi connectivity index (χ1v) is 12.6. The van der Waals surface area contributed by atoms with E-state index in [1.165, 1.54) is 4.90 Å². The van der Waals surface area contributed by atoms with Gasteiger partial charge >= 0.3 is 6.09 Å². The minimum Gasteiger partial charge on any atom is -0.446 e. The number of carbonyl (C=O) groups excluding carboxylic acids is 2. The fourth-order valence-corrected chi connectivity index (χ4v) is 4.82. The van der Waals surface area contributed by atoms with Gasteiger partial charge in [-0.2, -0.15) is 0 Å². The third-order valence-corrected chi connectivity index (χ3v) is 6.48. The number of hydrogen-bond donors (Lipinski definition) is 1. The van der Waals surface area contributed by atoms with E-state index in [9.17, 15) is 9.59 Å². The molecule has 0 radical (unpaired) electrons. The van der Waals surface area contributed by atoms with Crippen LogP contribution in [0.2, 0.25) is 0 Å². The zero-order chi connectivity index (χ0) is 26.7. The molecule has 0 spiro atoms. The molecule has 1 aliphatic heterocycles. The molecule has 4 rings (SSSR count). The summed E-state index contributed by atoms with van der Waals surface area (Å²) in [6.45, 7) is 10.9. The number of nitrogens with one attached hydrogen (secondary N) is 1. The van der Waals surface area contributed by atoms with Crippen LogP contribution in [0.25, 0.3) is 5.69 Å². The molecule has 1 aliphatic carbocycles. The fraction of sp³-hybridized carbons (Fsp3) is 0.500. The number of rotatable bonds is 6. The molecule has 2 aromatic rings. The summed E-state index contributed by atoms with van der Waals surface area (Å²) in [6.07, 6.45) is 9.44. The average molecular weight is 509 g/mol. The van der Waals surface area contributed by atoms with Gasteiger partial charge in [-0.3, -0.25) is 9.69 Å². The lowest BCUT2D eigenvalue weighted by atomic mass is 10.1. The van der Waals surface area contributed by atoms with Crippen LogP contribution in [0, 0.1) is 0 Å². The lowest BCUT2D eigenvalue weighted by molar-refractivity contribution is -0.133. The van der Waals surface area contributed by atoms with E-state index in [0.717, 1.165) is 30.3 Å². The van der Waals surface area contributed by atoms with E-state index in [2.05, 4.69) is 39.1 Å². The first-order valence-electron chi connectivity index (χ1n) is 12.6. The number of nitrogens with zero attached hydrogens (tertiary/aromatic N) is 7. The van der Waals surface area contributed by atoms with Crippen molar-refractivity contribution >= 4 is 23.8 Å². The quantitative estimate of drug-likeness (QED) is 0.634. The number of allylic oxidation sites excluding steroid dienone is 1. The molecule has 1 unspecified atom stereocenters. The van der Waals surface area contributed by atoms with Crippen molar-refractivity contribution in [1.82, 2.24) is 29.5 Å². The van der Waals surface area contributed by atoms with Crippen LogP contribution in [0.3, 0.4) is 0 Å². The van der Waals surface area contributed by atoms with Gasteiger partial charge in [0.25, 0.3) is 0 Å². The Hall–Kier alpha value is -3.89. The number of likely N-dealkylation sites (N-methyl/N-ethyl adjacent to an activating group) is 1. The highest BCUT2D eigenvalue weighted by molar-refractivity contribution is 5.74. The second kappa shape index (κ2) is 11.0. The smallest absolute Gasteiger partial charge is 0.414 e. The minimum absolute atomic E-state index is 0.00247. The molecule has 11 nitrogen and oxygen atoms in total. The number of hydrogen-bond acceptors (Lipinski definition) is 8. The molecule has 3 atom stereocenters. The third kappa shape index (κ3) is 6.10. The monoisotopic (exact) mass is 508 g/mol. The molecule has 1 N–H and O–H groups in total. The van der Waals surface area contributed by atoms with E-state index in [0.29, 0.717) is 12.4 Å². The van der Waals surface area contributed by atoms with Gasteiger partial charge in [-0.05, 0) is 46.3 Å². The summed E-state index contributed by atoms with van der Waals surface area (Å²) in [6, 6.07) is 4.09. The van der Waals surface area contributed by atoms with Gasteiger partial charge in [0.05, 0.1) is 17.8 Å².